The van der Waals surface area contributed by atoms with Crippen LogP contribution in [-0.2, 0) is 4.74 Å². The number of para-hydroxylation sites is 1. The van der Waals surface area contributed by atoms with Crippen molar-refractivity contribution in [1.82, 2.24) is 10.9 Å². The number of hydrazine groups is 1. The van der Waals surface area contributed by atoms with Crippen LogP contribution in [0.4, 0.5) is 4.79 Å². The fourth-order valence-electron chi connectivity index (χ4n) is 1.79. The maximum Gasteiger partial charge on any atom is 0.425 e. The first-order valence-corrected chi connectivity index (χ1v) is 7.24. The molecule has 7 heteroatoms. The molecule has 126 valence electrons. The molecule has 0 aliphatic heterocycles. The van der Waals surface area contributed by atoms with Crippen molar-refractivity contribution in [2.45, 2.75) is 0 Å². The summed E-state index contributed by atoms with van der Waals surface area (Å²) in [5.74, 6) is 0.812. The van der Waals surface area contributed by atoms with E-state index in [2.05, 4.69) is 15.6 Å². The number of ether oxygens (including phenoxy) is 3. The quantitative estimate of drug-likeness (QED) is 0.626. The third kappa shape index (κ3) is 5.53. The highest BCUT2D eigenvalue weighted by molar-refractivity contribution is 5.95. The van der Waals surface area contributed by atoms with E-state index in [1.807, 2.05) is 30.3 Å². The third-order valence-electron chi connectivity index (χ3n) is 2.92. The summed E-state index contributed by atoms with van der Waals surface area (Å²) in [5, 5.41) is 0. The van der Waals surface area contributed by atoms with Crippen LogP contribution in [0.15, 0.2) is 54.6 Å². The Bertz CT molecular complexity index is 676. The van der Waals surface area contributed by atoms with E-state index in [1.165, 1.54) is 7.11 Å². The molecule has 0 heterocycles. The zero-order valence-corrected chi connectivity index (χ0v) is 13.2. The average molecular weight is 330 g/mol. The molecule has 0 fully saturated rings. The number of hydrogen-bond acceptors (Lipinski definition) is 5. The molecular formula is C17H18N2O5. The van der Waals surface area contributed by atoms with E-state index >= 15 is 0 Å². The first kappa shape index (κ1) is 17.1. The molecule has 0 unspecified atom stereocenters. The molecule has 2 amide bonds. The van der Waals surface area contributed by atoms with Crippen molar-refractivity contribution in [2.75, 3.05) is 20.3 Å². The zero-order valence-electron chi connectivity index (χ0n) is 13.2. The number of carbonyl (C=O) groups excluding carboxylic acids is 2. The van der Waals surface area contributed by atoms with Gasteiger partial charge in [-0.3, -0.25) is 10.2 Å². The Balaban J connectivity index is 1.79. The standard InChI is InChI=1S/C17H18N2O5/c1-22-17(21)19-18-16(20)13-6-5-9-15(12-13)24-11-10-23-14-7-3-2-4-8-14/h2-9,12H,10-11H2,1H3,(H,18,20)(H,19,21). The summed E-state index contributed by atoms with van der Waals surface area (Å²) >= 11 is 0. The van der Waals surface area contributed by atoms with Gasteiger partial charge in [0.1, 0.15) is 24.7 Å². The summed E-state index contributed by atoms with van der Waals surface area (Å²) in [4.78, 5) is 22.8. The summed E-state index contributed by atoms with van der Waals surface area (Å²) in [6.07, 6.45) is -0.756. The number of nitrogens with one attached hydrogen (secondary N) is 2. The topological polar surface area (TPSA) is 85.9 Å². The largest absolute Gasteiger partial charge is 0.490 e. The van der Waals surface area contributed by atoms with Crippen LogP contribution < -0.4 is 20.3 Å². The predicted molar refractivity (Wildman–Crippen MR) is 86.9 cm³/mol. The minimum Gasteiger partial charge on any atom is -0.490 e. The van der Waals surface area contributed by atoms with Gasteiger partial charge in [-0.1, -0.05) is 24.3 Å². The van der Waals surface area contributed by atoms with E-state index in [9.17, 15) is 9.59 Å². The van der Waals surface area contributed by atoms with Gasteiger partial charge in [0.2, 0.25) is 0 Å². The molecule has 0 aromatic heterocycles. The normalized spacial score (nSPS) is 9.71. The third-order valence-corrected chi connectivity index (χ3v) is 2.92. The van der Waals surface area contributed by atoms with Gasteiger partial charge < -0.3 is 14.2 Å². The second-order valence-electron chi connectivity index (χ2n) is 4.61. The van der Waals surface area contributed by atoms with Crippen LogP contribution in [0, 0.1) is 0 Å². The molecule has 0 bridgehead atoms. The van der Waals surface area contributed by atoms with E-state index in [1.54, 1.807) is 24.3 Å². The number of benzene rings is 2. The lowest BCUT2D eigenvalue weighted by Gasteiger charge is -2.10. The molecule has 2 aromatic carbocycles. The van der Waals surface area contributed by atoms with Crippen molar-refractivity contribution in [3.63, 3.8) is 0 Å². The van der Waals surface area contributed by atoms with Crippen molar-refractivity contribution < 1.29 is 23.8 Å². The molecule has 0 saturated carbocycles. The van der Waals surface area contributed by atoms with Crippen molar-refractivity contribution in [3.8, 4) is 11.5 Å². The minimum absolute atomic E-state index is 0.334. The van der Waals surface area contributed by atoms with Crippen LogP contribution in [-0.4, -0.2) is 32.3 Å². The molecule has 24 heavy (non-hydrogen) atoms. The second kappa shape index (κ2) is 9.04. The number of methoxy groups -OCH3 is 1. The maximum absolute atomic E-state index is 11.9. The van der Waals surface area contributed by atoms with Crippen LogP contribution in [0.1, 0.15) is 10.4 Å². The number of rotatable bonds is 6. The van der Waals surface area contributed by atoms with Gasteiger partial charge in [-0.15, -0.1) is 0 Å². The molecular weight excluding hydrogens is 312 g/mol. The first-order chi connectivity index (χ1) is 11.7. The van der Waals surface area contributed by atoms with Crippen LogP contribution in [0.3, 0.4) is 0 Å². The van der Waals surface area contributed by atoms with Crippen molar-refractivity contribution in [2.24, 2.45) is 0 Å². The van der Waals surface area contributed by atoms with E-state index < -0.39 is 12.0 Å². The molecule has 0 aliphatic rings. The van der Waals surface area contributed by atoms with E-state index in [0.717, 1.165) is 5.75 Å². The fourth-order valence-corrected chi connectivity index (χ4v) is 1.79. The van der Waals surface area contributed by atoms with Gasteiger partial charge in [0.15, 0.2) is 0 Å². The Labute approximate surface area is 139 Å². The molecule has 2 rings (SSSR count). The fraction of sp³-hybridized carbons (Fsp3) is 0.176. The SMILES string of the molecule is COC(=O)NNC(=O)c1cccc(OCCOc2ccccc2)c1. The summed E-state index contributed by atoms with van der Waals surface area (Å²) in [6, 6.07) is 16.0. The predicted octanol–water partition coefficient (Wildman–Crippen LogP) is 2.15. The lowest BCUT2D eigenvalue weighted by atomic mass is 10.2. The molecule has 0 radical (unpaired) electrons. The Hall–Kier alpha value is -3.22. The molecule has 0 saturated heterocycles. The Morgan fingerprint density at radius 1 is 0.875 bits per heavy atom. The number of hydrogen-bond donors (Lipinski definition) is 2. The second-order valence-corrected chi connectivity index (χ2v) is 4.61. The summed E-state index contributed by atoms with van der Waals surface area (Å²) in [7, 11) is 1.20. The van der Waals surface area contributed by atoms with Crippen LogP contribution in [0.5, 0.6) is 11.5 Å². The Kier molecular flexibility index (Phi) is 6.46. The molecule has 0 aliphatic carbocycles. The highest BCUT2D eigenvalue weighted by Crippen LogP contribution is 2.13. The molecule has 2 aromatic rings. The van der Waals surface area contributed by atoms with Gasteiger partial charge >= 0.3 is 6.09 Å². The van der Waals surface area contributed by atoms with Gasteiger partial charge in [0, 0.05) is 5.56 Å². The lowest BCUT2D eigenvalue weighted by Crippen LogP contribution is -2.41. The van der Waals surface area contributed by atoms with Crippen molar-refractivity contribution in [3.05, 3.63) is 60.2 Å². The number of carbonyl (C=O) groups is 2. The van der Waals surface area contributed by atoms with E-state index in [0.29, 0.717) is 24.5 Å². The van der Waals surface area contributed by atoms with Gasteiger partial charge in [-0.2, -0.15) is 0 Å². The average Bonchev–Trinajstić information content (AvgIpc) is 2.64. The summed E-state index contributed by atoms with van der Waals surface area (Å²) in [5.41, 5.74) is 4.66. The molecule has 0 spiro atoms. The highest BCUT2D eigenvalue weighted by atomic mass is 16.5. The monoisotopic (exact) mass is 330 g/mol. The molecule has 7 nitrogen and oxygen atoms in total. The van der Waals surface area contributed by atoms with Crippen molar-refractivity contribution in [1.29, 1.82) is 0 Å². The zero-order chi connectivity index (χ0) is 17.2. The van der Waals surface area contributed by atoms with E-state index in [4.69, 9.17) is 9.47 Å². The first-order valence-electron chi connectivity index (χ1n) is 7.24. The molecule has 0 atom stereocenters. The number of amides is 2. The van der Waals surface area contributed by atoms with Gasteiger partial charge in [0.05, 0.1) is 7.11 Å². The van der Waals surface area contributed by atoms with Crippen LogP contribution >= 0.6 is 0 Å². The van der Waals surface area contributed by atoms with Gasteiger partial charge in [-0.05, 0) is 30.3 Å². The smallest absolute Gasteiger partial charge is 0.425 e. The maximum atomic E-state index is 11.9. The van der Waals surface area contributed by atoms with Gasteiger partial charge in [-0.25, -0.2) is 10.2 Å². The van der Waals surface area contributed by atoms with E-state index in [-0.39, 0.29) is 0 Å². The summed E-state index contributed by atoms with van der Waals surface area (Å²) in [6.45, 7) is 0.713. The summed E-state index contributed by atoms with van der Waals surface area (Å²) < 4.78 is 15.4. The van der Waals surface area contributed by atoms with Gasteiger partial charge in [0.25, 0.3) is 5.91 Å². The van der Waals surface area contributed by atoms with Crippen LogP contribution in [0.25, 0.3) is 0 Å². The molecule has 2 N–H and O–H groups in total. The van der Waals surface area contributed by atoms with Crippen LogP contribution in [0.2, 0.25) is 0 Å². The highest BCUT2D eigenvalue weighted by Gasteiger charge is 2.08. The van der Waals surface area contributed by atoms with Crippen molar-refractivity contribution >= 4 is 12.0 Å². The Morgan fingerprint density at radius 3 is 2.25 bits per heavy atom. The minimum atomic E-state index is -0.756. The lowest BCUT2D eigenvalue weighted by molar-refractivity contribution is 0.0920. The Morgan fingerprint density at radius 2 is 1.54 bits per heavy atom.